The summed E-state index contributed by atoms with van der Waals surface area (Å²) in [6, 6.07) is 7.26. The SMILES string of the molecule is CCCC(=O)N(CCOc1ccc(OC)cc1)CCC(=O)OCC. The maximum atomic E-state index is 12.1. The minimum Gasteiger partial charge on any atom is -0.497 e. The molecule has 6 nitrogen and oxygen atoms in total. The van der Waals surface area contributed by atoms with Gasteiger partial charge in [-0.2, -0.15) is 0 Å². The average Bonchev–Trinajstić information content (AvgIpc) is 2.58. The number of esters is 1. The summed E-state index contributed by atoms with van der Waals surface area (Å²) >= 11 is 0. The first-order valence-electron chi connectivity index (χ1n) is 8.30. The second-order valence-corrected chi connectivity index (χ2v) is 5.21. The lowest BCUT2D eigenvalue weighted by Crippen LogP contribution is -2.36. The Morgan fingerprint density at radius 2 is 1.67 bits per heavy atom. The van der Waals surface area contributed by atoms with E-state index in [1.165, 1.54) is 0 Å². The van der Waals surface area contributed by atoms with E-state index in [4.69, 9.17) is 14.2 Å². The Hall–Kier alpha value is -2.24. The first-order chi connectivity index (χ1) is 11.6. The Balaban J connectivity index is 2.47. The fourth-order valence-electron chi connectivity index (χ4n) is 2.14. The van der Waals surface area contributed by atoms with Gasteiger partial charge in [0.25, 0.3) is 0 Å². The molecule has 0 atom stereocenters. The van der Waals surface area contributed by atoms with E-state index in [2.05, 4.69) is 0 Å². The van der Waals surface area contributed by atoms with Crippen LogP contribution in [0, 0.1) is 0 Å². The minimum atomic E-state index is -0.289. The maximum Gasteiger partial charge on any atom is 0.307 e. The van der Waals surface area contributed by atoms with Crippen LogP contribution in [0.5, 0.6) is 11.5 Å². The molecule has 24 heavy (non-hydrogen) atoms. The van der Waals surface area contributed by atoms with Crippen molar-refractivity contribution in [3.63, 3.8) is 0 Å². The molecule has 134 valence electrons. The van der Waals surface area contributed by atoms with Crippen molar-refractivity contribution in [3.05, 3.63) is 24.3 Å². The zero-order chi connectivity index (χ0) is 17.8. The van der Waals surface area contributed by atoms with Crippen molar-refractivity contribution in [1.29, 1.82) is 0 Å². The summed E-state index contributed by atoms with van der Waals surface area (Å²) < 4.78 is 15.7. The van der Waals surface area contributed by atoms with Gasteiger partial charge in [-0.05, 0) is 37.6 Å². The lowest BCUT2D eigenvalue weighted by molar-refractivity contribution is -0.144. The molecule has 6 heteroatoms. The summed E-state index contributed by atoms with van der Waals surface area (Å²) in [5, 5.41) is 0. The van der Waals surface area contributed by atoms with Crippen LogP contribution in [0.1, 0.15) is 33.1 Å². The summed E-state index contributed by atoms with van der Waals surface area (Å²) in [6.45, 7) is 5.22. The third-order valence-electron chi connectivity index (χ3n) is 3.40. The van der Waals surface area contributed by atoms with Crippen molar-refractivity contribution in [2.45, 2.75) is 33.1 Å². The Morgan fingerprint density at radius 1 is 1.00 bits per heavy atom. The summed E-state index contributed by atoms with van der Waals surface area (Å²) in [5.41, 5.74) is 0. The number of rotatable bonds is 11. The zero-order valence-corrected chi connectivity index (χ0v) is 14.7. The Labute approximate surface area is 143 Å². The molecule has 0 aliphatic heterocycles. The van der Waals surface area contributed by atoms with Gasteiger partial charge in [0.05, 0.1) is 26.7 Å². The highest BCUT2D eigenvalue weighted by molar-refractivity contribution is 5.77. The Kier molecular flexibility index (Phi) is 9.34. The molecule has 0 aromatic heterocycles. The Morgan fingerprint density at radius 3 is 2.25 bits per heavy atom. The van der Waals surface area contributed by atoms with Gasteiger partial charge in [-0.1, -0.05) is 6.92 Å². The molecule has 0 unspecified atom stereocenters. The molecule has 1 rings (SSSR count). The monoisotopic (exact) mass is 337 g/mol. The van der Waals surface area contributed by atoms with Crippen LogP contribution in [0.25, 0.3) is 0 Å². The molecule has 1 amide bonds. The van der Waals surface area contributed by atoms with Gasteiger partial charge in [0, 0.05) is 13.0 Å². The first kappa shape index (κ1) is 19.8. The van der Waals surface area contributed by atoms with Crippen molar-refractivity contribution in [2.75, 3.05) is 33.4 Å². The van der Waals surface area contributed by atoms with Crippen LogP contribution in [0.15, 0.2) is 24.3 Å². The fraction of sp³-hybridized carbons (Fsp3) is 0.556. The average molecular weight is 337 g/mol. The Bertz CT molecular complexity index is 501. The van der Waals surface area contributed by atoms with Crippen LogP contribution in [-0.2, 0) is 14.3 Å². The predicted octanol–water partition coefficient (Wildman–Crippen LogP) is 2.66. The molecule has 1 aromatic rings. The van der Waals surface area contributed by atoms with E-state index in [0.29, 0.717) is 38.5 Å². The van der Waals surface area contributed by atoms with Gasteiger partial charge < -0.3 is 19.1 Å². The third kappa shape index (κ3) is 7.35. The van der Waals surface area contributed by atoms with E-state index < -0.39 is 0 Å². The predicted molar refractivity (Wildman–Crippen MR) is 91.2 cm³/mol. The number of hydrogen-bond donors (Lipinski definition) is 0. The second kappa shape index (κ2) is 11.3. The number of amides is 1. The van der Waals surface area contributed by atoms with Crippen LogP contribution in [0.3, 0.4) is 0 Å². The van der Waals surface area contributed by atoms with E-state index in [9.17, 15) is 9.59 Å². The quantitative estimate of drug-likeness (QED) is 0.581. The van der Waals surface area contributed by atoms with Crippen LogP contribution >= 0.6 is 0 Å². The number of carbonyl (C=O) groups excluding carboxylic acids is 2. The molecule has 0 aliphatic carbocycles. The van der Waals surface area contributed by atoms with E-state index in [0.717, 1.165) is 12.2 Å². The molecule has 1 aromatic carbocycles. The van der Waals surface area contributed by atoms with Gasteiger partial charge >= 0.3 is 5.97 Å². The summed E-state index contributed by atoms with van der Waals surface area (Å²) in [5.74, 6) is 1.21. The number of methoxy groups -OCH3 is 1. The highest BCUT2D eigenvalue weighted by Crippen LogP contribution is 2.16. The molecule has 0 bridgehead atoms. The maximum absolute atomic E-state index is 12.1. The third-order valence-corrected chi connectivity index (χ3v) is 3.40. The van der Waals surface area contributed by atoms with Crippen molar-refractivity contribution < 1.29 is 23.8 Å². The van der Waals surface area contributed by atoms with Crippen molar-refractivity contribution in [1.82, 2.24) is 4.90 Å². The second-order valence-electron chi connectivity index (χ2n) is 5.21. The van der Waals surface area contributed by atoms with Crippen LogP contribution in [0.2, 0.25) is 0 Å². The lowest BCUT2D eigenvalue weighted by atomic mass is 10.2. The van der Waals surface area contributed by atoms with Crippen molar-refractivity contribution in [2.24, 2.45) is 0 Å². The number of hydrogen-bond acceptors (Lipinski definition) is 5. The molecular formula is C18H27NO5. The molecule has 0 heterocycles. The van der Waals surface area contributed by atoms with Gasteiger partial charge in [0.2, 0.25) is 5.91 Å². The van der Waals surface area contributed by atoms with Crippen LogP contribution < -0.4 is 9.47 Å². The number of ether oxygens (including phenoxy) is 3. The minimum absolute atomic E-state index is 0.0279. The summed E-state index contributed by atoms with van der Waals surface area (Å²) in [6.07, 6.45) is 1.44. The van der Waals surface area contributed by atoms with E-state index in [1.54, 1.807) is 18.9 Å². The first-order valence-corrected chi connectivity index (χ1v) is 8.30. The van der Waals surface area contributed by atoms with Gasteiger partial charge in [-0.15, -0.1) is 0 Å². The zero-order valence-electron chi connectivity index (χ0n) is 14.7. The molecule has 0 saturated carbocycles. The van der Waals surface area contributed by atoms with Gasteiger partial charge in [0.15, 0.2) is 0 Å². The van der Waals surface area contributed by atoms with Crippen molar-refractivity contribution in [3.8, 4) is 11.5 Å². The highest BCUT2D eigenvalue weighted by atomic mass is 16.5. The van der Waals surface area contributed by atoms with Gasteiger partial charge in [0.1, 0.15) is 18.1 Å². The summed E-state index contributed by atoms with van der Waals surface area (Å²) in [7, 11) is 1.61. The topological polar surface area (TPSA) is 65.1 Å². The number of carbonyl (C=O) groups is 2. The molecule has 0 fully saturated rings. The number of benzene rings is 1. The lowest BCUT2D eigenvalue weighted by Gasteiger charge is -2.22. The van der Waals surface area contributed by atoms with E-state index in [-0.39, 0.29) is 18.3 Å². The van der Waals surface area contributed by atoms with E-state index >= 15 is 0 Å². The molecule has 0 N–H and O–H groups in total. The molecule has 0 spiro atoms. The molecule has 0 radical (unpaired) electrons. The normalized spacial score (nSPS) is 10.1. The smallest absolute Gasteiger partial charge is 0.307 e. The number of nitrogens with zero attached hydrogens (tertiary/aromatic N) is 1. The van der Waals surface area contributed by atoms with Crippen LogP contribution in [0.4, 0.5) is 0 Å². The van der Waals surface area contributed by atoms with Crippen molar-refractivity contribution >= 4 is 11.9 Å². The summed E-state index contributed by atoms with van der Waals surface area (Å²) in [4.78, 5) is 25.3. The van der Waals surface area contributed by atoms with Gasteiger partial charge in [-0.25, -0.2) is 0 Å². The molecule has 0 saturated heterocycles. The fourth-order valence-corrected chi connectivity index (χ4v) is 2.14. The standard InChI is InChI=1S/C18H27NO5/c1-4-6-17(20)19(12-11-18(21)23-5-2)13-14-24-16-9-7-15(22-3)8-10-16/h7-10H,4-6,11-14H2,1-3H3. The van der Waals surface area contributed by atoms with E-state index in [1.807, 2.05) is 31.2 Å². The van der Waals surface area contributed by atoms with Gasteiger partial charge in [-0.3, -0.25) is 9.59 Å². The largest absolute Gasteiger partial charge is 0.497 e. The highest BCUT2D eigenvalue weighted by Gasteiger charge is 2.14. The molecular weight excluding hydrogens is 310 g/mol. The molecule has 0 aliphatic rings. The van der Waals surface area contributed by atoms with Crippen LogP contribution in [-0.4, -0.2) is 50.2 Å².